The van der Waals surface area contributed by atoms with Crippen LogP contribution >= 0.6 is 11.8 Å². The second kappa shape index (κ2) is 10.8. The van der Waals surface area contributed by atoms with Gasteiger partial charge in [0.25, 0.3) is 0 Å². The number of ether oxygens (including phenoxy) is 3. The summed E-state index contributed by atoms with van der Waals surface area (Å²) in [4.78, 5) is 12.8. The standard InChI is InChI=1S/C25H24N4O4S/c1-31-20-14-18(15-21(32-2)23(20)33-3)26-22(30)16-34-25-28-27-24(17-10-6-4-7-11-17)29(25)19-12-8-5-9-13-19/h4-15H,16H2,1-3H3,(H,26,30). The summed E-state index contributed by atoms with van der Waals surface area (Å²) in [5.41, 5.74) is 2.39. The van der Waals surface area contributed by atoms with Crippen molar-refractivity contribution in [2.75, 3.05) is 32.4 Å². The Kier molecular flexibility index (Phi) is 7.34. The number of hydrogen-bond acceptors (Lipinski definition) is 7. The Morgan fingerprint density at radius 1 is 0.882 bits per heavy atom. The number of thioether (sulfide) groups is 1. The Morgan fingerprint density at radius 3 is 2.09 bits per heavy atom. The van der Waals surface area contributed by atoms with E-state index >= 15 is 0 Å². The molecule has 9 heteroatoms. The molecule has 1 aromatic heterocycles. The van der Waals surface area contributed by atoms with Gasteiger partial charge < -0.3 is 19.5 Å². The summed E-state index contributed by atoms with van der Waals surface area (Å²) in [5.74, 6) is 2.02. The molecule has 0 aliphatic carbocycles. The fourth-order valence-electron chi connectivity index (χ4n) is 3.43. The van der Waals surface area contributed by atoms with Gasteiger partial charge in [-0.25, -0.2) is 0 Å². The van der Waals surface area contributed by atoms with Crippen molar-refractivity contribution in [1.29, 1.82) is 0 Å². The van der Waals surface area contributed by atoms with Crippen molar-refractivity contribution in [3.63, 3.8) is 0 Å². The molecule has 0 aliphatic rings. The van der Waals surface area contributed by atoms with E-state index in [-0.39, 0.29) is 11.7 Å². The second-order valence-corrected chi connectivity index (χ2v) is 8.04. The van der Waals surface area contributed by atoms with E-state index in [1.54, 1.807) is 12.1 Å². The quantitative estimate of drug-likeness (QED) is 0.351. The van der Waals surface area contributed by atoms with Crippen LogP contribution in [0.5, 0.6) is 17.2 Å². The van der Waals surface area contributed by atoms with Crippen LogP contribution in [-0.4, -0.2) is 47.8 Å². The van der Waals surface area contributed by atoms with Crippen molar-refractivity contribution in [1.82, 2.24) is 14.8 Å². The van der Waals surface area contributed by atoms with Crippen molar-refractivity contribution in [2.45, 2.75) is 5.16 Å². The predicted molar refractivity (Wildman–Crippen MR) is 132 cm³/mol. The van der Waals surface area contributed by atoms with Crippen molar-refractivity contribution >= 4 is 23.4 Å². The van der Waals surface area contributed by atoms with E-state index < -0.39 is 0 Å². The van der Waals surface area contributed by atoms with Gasteiger partial charge in [0.15, 0.2) is 22.5 Å². The summed E-state index contributed by atoms with van der Waals surface area (Å²) in [6.07, 6.45) is 0. The number of carbonyl (C=O) groups excluding carboxylic acids is 1. The molecule has 1 heterocycles. The monoisotopic (exact) mass is 476 g/mol. The van der Waals surface area contributed by atoms with Gasteiger partial charge in [-0.3, -0.25) is 9.36 Å². The first kappa shape index (κ1) is 23.2. The molecule has 0 aliphatic heterocycles. The fraction of sp³-hybridized carbons (Fsp3) is 0.160. The Hall–Kier alpha value is -3.98. The lowest BCUT2D eigenvalue weighted by molar-refractivity contribution is -0.113. The fourth-order valence-corrected chi connectivity index (χ4v) is 4.18. The number of aromatic nitrogens is 3. The first-order chi connectivity index (χ1) is 16.6. The van der Waals surface area contributed by atoms with Gasteiger partial charge in [-0.15, -0.1) is 10.2 Å². The van der Waals surface area contributed by atoms with E-state index in [2.05, 4.69) is 15.5 Å². The van der Waals surface area contributed by atoms with Crippen molar-refractivity contribution in [2.24, 2.45) is 0 Å². The molecule has 3 aromatic carbocycles. The SMILES string of the molecule is COc1cc(NC(=O)CSc2nnc(-c3ccccc3)n2-c2ccccc2)cc(OC)c1OC. The lowest BCUT2D eigenvalue weighted by atomic mass is 10.2. The predicted octanol–water partition coefficient (Wildman–Crippen LogP) is 4.69. The van der Waals surface area contributed by atoms with Crippen LogP contribution in [-0.2, 0) is 4.79 Å². The third kappa shape index (κ3) is 4.99. The molecule has 0 fully saturated rings. The molecule has 1 N–H and O–H groups in total. The number of anilines is 1. The summed E-state index contributed by atoms with van der Waals surface area (Å²) in [7, 11) is 4.58. The normalized spacial score (nSPS) is 10.6. The molecule has 0 saturated heterocycles. The molecule has 8 nitrogen and oxygen atoms in total. The molecule has 0 radical (unpaired) electrons. The van der Waals surface area contributed by atoms with Gasteiger partial charge in [-0.2, -0.15) is 0 Å². The maximum absolute atomic E-state index is 12.8. The second-order valence-electron chi connectivity index (χ2n) is 7.09. The van der Waals surface area contributed by atoms with Gasteiger partial charge in [0.2, 0.25) is 11.7 Å². The molecule has 174 valence electrons. The third-order valence-electron chi connectivity index (χ3n) is 4.96. The Balaban J connectivity index is 1.55. The van der Waals surface area contributed by atoms with Gasteiger partial charge >= 0.3 is 0 Å². The average Bonchev–Trinajstić information content (AvgIpc) is 3.32. The molecule has 4 aromatic rings. The lowest BCUT2D eigenvalue weighted by Gasteiger charge is -2.14. The van der Waals surface area contributed by atoms with Gasteiger partial charge in [0.1, 0.15) is 0 Å². The molecule has 0 unspecified atom stereocenters. The highest BCUT2D eigenvalue weighted by atomic mass is 32.2. The van der Waals surface area contributed by atoms with E-state index in [0.717, 1.165) is 11.3 Å². The summed E-state index contributed by atoms with van der Waals surface area (Å²) in [6, 6.07) is 23.0. The summed E-state index contributed by atoms with van der Waals surface area (Å²) < 4.78 is 18.0. The van der Waals surface area contributed by atoms with Crippen LogP contribution in [0.25, 0.3) is 17.1 Å². The van der Waals surface area contributed by atoms with E-state index in [4.69, 9.17) is 14.2 Å². The molecule has 4 rings (SSSR count). The molecular weight excluding hydrogens is 452 g/mol. The maximum atomic E-state index is 12.8. The first-order valence-electron chi connectivity index (χ1n) is 10.4. The first-order valence-corrected chi connectivity index (χ1v) is 11.4. The topological polar surface area (TPSA) is 87.5 Å². The summed E-state index contributed by atoms with van der Waals surface area (Å²) in [6.45, 7) is 0. The van der Waals surface area contributed by atoms with E-state index in [9.17, 15) is 4.79 Å². The van der Waals surface area contributed by atoms with Crippen molar-refractivity contribution in [3.8, 4) is 34.3 Å². The van der Waals surface area contributed by atoms with Crippen molar-refractivity contribution in [3.05, 3.63) is 72.8 Å². The van der Waals surface area contributed by atoms with Gasteiger partial charge in [-0.05, 0) is 12.1 Å². The minimum Gasteiger partial charge on any atom is -0.493 e. The van der Waals surface area contributed by atoms with Gasteiger partial charge in [0, 0.05) is 29.1 Å². The zero-order chi connectivity index (χ0) is 23.9. The minimum absolute atomic E-state index is 0.135. The highest BCUT2D eigenvalue weighted by Crippen LogP contribution is 2.40. The molecule has 0 spiro atoms. The number of benzene rings is 3. The van der Waals surface area contributed by atoms with Crippen LogP contribution < -0.4 is 19.5 Å². The number of nitrogens with zero attached hydrogens (tertiary/aromatic N) is 3. The zero-order valence-corrected chi connectivity index (χ0v) is 19.8. The average molecular weight is 477 g/mol. The van der Waals surface area contributed by atoms with Crippen LogP contribution in [0, 0.1) is 0 Å². The van der Waals surface area contributed by atoms with Crippen LogP contribution in [0.2, 0.25) is 0 Å². The maximum Gasteiger partial charge on any atom is 0.234 e. The molecule has 0 bridgehead atoms. The third-order valence-corrected chi connectivity index (χ3v) is 5.89. The van der Waals surface area contributed by atoms with E-state index in [0.29, 0.717) is 33.9 Å². The van der Waals surface area contributed by atoms with Gasteiger partial charge in [0.05, 0.1) is 27.1 Å². The van der Waals surface area contributed by atoms with Crippen LogP contribution in [0.3, 0.4) is 0 Å². The summed E-state index contributed by atoms with van der Waals surface area (Å²) in [5, 5.41) is 12.3. The largest absolute Gasteiger partial charge is 0.493 e. The molecular formula is C25H24N4O4S. The number of rotatable bonds is 9. The Bertz CT molecular complexity index is 1240. The minimum atomic E-state index is -0.205. The number of amides is 1. The smallest absolute Gasteiger partial charge is 0.234 e. The number of methoxy groups -OCH3 is 3. The number of para-hydroxylation sites is 1. The van der Waals surface area contributed by atoms with E-state index in [1.807, 2.05) is 65.2 Å². The molecule has 0 atom stereocenters. The number of nitrogens with one attached hydrogen (secondary N) is 1. The van der Waals surface area contributed by atoms with Gasteiger partial charge in [-0.1, -0.05) is 60.3 Å². The highest BCUT2D eigenvalue weighted by molar-refractivity contribution is 7.99. The van der Waals surface area contributed by atoms with Crippen molar-refractivity contribution < 1.29 is 19.0 Å². The van der Waals surface area contributed by atoms with Crippen LogP contribution in [0.1, 0.15) is 0 Å². The zero-order valence-electron chi connectivity index (χ0n) is 19.0. The van der Waals surface area contributed by atoms with Crippen LogP contribution in [0.15, 0.2) is 78.0 Å². The molecule has 34 heavy (non-hydrogen) atoms. The Labute approximate surface area is 201 Å². The highest BCUT2D eigenvalue weighted by Gasteiger charge is 2.18. The Morgan fingerprint density at radius 2 is 1.50 bits per heavy atom. The number of hydrogen-bond donors (Lipinski definition) is 1. The lowest BCUT2D eigenvalue weighted by Crippen LogP contribution is -2.15. The van der Waals surface area contributed by atoms with Crippen LogP contribution in [0.4, 0.5) is 5.69 Å². The number of carbonyl (C=O) groups is 1. The molecule has 0 saturated carbocycles. The molecule has 1 amide bonds. The summed E-state index contributed by atoms with van der Waals surface area (Å²) >= 11 is 1.30. The van der Waals surface area contributed by atoms with E-state index in [1.165, 1.54) is 33.1 Å².